The number of thiophene rings is 1. The second-order valence-electron chi connectivity index (χ2n) is 6.10. The van der Waals surface area contributed by atoms with Crippen molar-refractivity contribution in [3.63, 3.8) is 0 Å². The van der Waals surface area contributed by atoms with Gasteiger partial charge in [0.25, 0.3) is 0 Å². The molecule has 106 valence electrons. The molecule has 1 N–H and O–H groups in total. The maximum atomic E-state index is 4.01. The lowest BCUT2D eigenvalue weighted by Crippen LogP contribution is -2.41. The molecule has 0 aromatic carbocycles. The predicted octanol–water partition coefficient (Wildman–Crippen LogP) is 5.45. The van der Waals surface area contributed by atoms with Gasteiger partial charge in [0, 0.05) is 17.0 Å². The molecule has 0 radical (unpaired) electrons. The van der Waals surface area contributed by atoms with Crippen molar-refractivity contribution in [1.29, 1.82) is 0 Å². The molecule has 3 atom stereocenters. The summed E-state index contributed by atoms with van der Waals surface area (Å²) in [4.78, 5) is 1.61. The van der Waals surface area contributed by atoms with Gasteiger partial charge in [-0.2, -0.15) is 0 Å². The van der Waals surface area contributed by atoms with Crippen molar-refractivity contribution < 1.29 is 0 Å². The van der Waals surface area contributed by atoms with Crippen LogP contribution in [0.2, 0.25) is 0 Å². The Hall–Kier alpha value is 0.140. The predicted molar refractivity (Wildman–Crippen MR) is 86.9 cm³/mol. The minimum absolute atomic E-state index is 0.614. The Morgan fingerprint density at radius 1 is 1.26 bits per heavy atom. The fourth-order valence-electron chi connectivity index (χ4n) is 3.87. The maximum absolute atomic E-state index is 4.01. The van der Waals surface area contributed by atoms with E-state index in [0.717, 1.165) is 12.0 Å². The molecule has 19 heavy (non-hydrogen) atoms. The van der Waals surface area contributed by atoms with Crippen molar-refractivity contribution in [2.24, 2.45) is 5.92 Å². The van der Waals surface area contributed by atoms with Crippen molar-refractivity contribution in [3.8, 4) is 0 Å². The Labute approximate surface area is 129 Å². The molecule has 1 heterocycles. The van der Waals surface area contributed by atoms with Crippen LogP contribution in [-0.4, -0.2) is 6.04 Å². The number of rotatable bonds is 3. The van der Waals surface area contributed by atoms with Crippen molar-refractivity contribution >= 4 is 27.3 Å². The monoisotopic (exact) mass is 341 g/mol. The Bertz CT molecular complexity index is 428. The van der Waals surface area contributed by atoms with Crippen LogP contribution in [0.4, 0.5) is 0 Å². The number of aryl methyl sites for hydroxylation is 1. The van der Waals surface area contributed by atoms with Gasteiger partial charge >= 0.3 is 0 Å². The molecule has 1 nitrogen and oxygen atoms in total. The highest BCUT2D eigenvalue weighted by atomic mass is 79.9. The van der Waals surface area contributed by atoms with E-state index < -0.39 is 0 Å². The fourth-order valence-corrected chi connectivity index (χ4v) is 5.69. The van der Waals surface area contributed by atoms with E-state index >= 15 is 0 Å². The molecule has 1 aromatic heterocycles. The summed E-state index contributed by atoms with van der Waals surface area (Å²) in [5.74, 6) is 0.904. The van der Waals surface area contributed by atoms with Gasteiger partial charge in [-0.3, -0.25) is 0 Å². The molecular formula is C16H24BrNS. The SMILES string of the molecule is CCC1CCCCC1NC1CCCc2sc(Br)cc21. The van der Waals surface area contributed by atoms with Gasteiger partial charge < -0.3 is 5.32 Å². The van der Waals surface area contributed by atoms with E-state index in [0.29, 0.717) is 6.04 Å². The molecular weight excluding hydrogens is 318 g/mol. The summed E-state index contributed by atoms with van der Waals surface area (Å²) in [6.07, 6.45) is 11.0. The van der Waals surface area contributed by atoms with Crippen LogP contribution in [0.3, 0.4) is 0 Å². The van der Waals surface area contributed by atoms with Gasteiger partial charge in [0.15, 0.2) is 0 Å². The van der Waals surface area contributed by atoms with Gasteiger partial charge in [0.1, 0.15) is 0 Å². The van der Waals surface area contributed by atoms with Crippen LogP contribution in [0.1, 0.15) is 68.4 Å². The van der Waals surface area contributed by atoms with E-state index in [1.165, 1.54) is 55.2 Å². The van der Waals surface area contributed by atoms with E-state index in [1.807, 2.05) is 11.3 Å². The van der Waals surface area contributed by atoms with Crippen molar-refractivity contribution in [2.75, 3.05) is 0 Å². The molecule has 0 bridgehead atoms. The van der Waals surface area contributed by atoms with Crippen molar-refractivity contribution in [1.82, 2.24) is 5.32 Å². The first kappa shape index (κ1) is 14.1. The highest BCUT2D eigenvalue weighted by Crippen LogP contribution is 2.39. The molecule has 0 amide bonds. The van der Waals surface area contributed by atoms with Gasteiger partial charge in [-0.25, -0.2) is 0 Å². The second-order valence-corrected chi connectivity index (χ2v) is 8.62. The van der Waals surface area contributed by atoms with Gasteiger partial charge in [0.2, 0.25) is 0 Å². The van der Waals surface area contributed by atoms with E-state index in [9.17, 15) is 0 Å². The third-order valence-electron chi connectivity index (χ3n) is 4.93. The van der Waals surface area contributed by atoms with Crippen LogP contribution in [-0.2, 0) is 6.42 Å². The van der Waals surface area contributed by atoms with Crippen LogP contribution >= 0.6 is 27.3 Å². The van der Waals surface area contributed by atoms with Crippen LogP contribution in [0.5, 0.6) is 0 Å². The van der Waals surface area contributed by atoms with E-state index in [4.69, 9.17) is 0 Å². The Morgan fingerprint density at radius 2 is 2.11 bits per heavy atom. The number of halogens is 1. The Balaban J connectivity index is 1.73. The lowest BCUT2D eigenvalue weighted by atomic mass is 9.81. The molecule has 2 aliphatic rings. The lowest BCUT2D eigenvalue weighted by Gasteiger charge is -2.36. The molecule has 3 unspecified atom stereocenters. The quantitative estimate of drug-likeness (QED) is 0.770. The molecule has 3 heteroatoms. The zero-order valence-electron chi connectivity index (χ0n) is 11.8. The highest BCUT2D eigenvalue weighted by molar-refractivity contribution is 9.11. The first-order chi connectivity index (χ1) is 9.28. The van der Waals surface area contributed by atoms with Gasteiger partial charge in [0.05, 0.1) is 3.79 Å². The van der Waals surface area contributed by atoms with Crippen LogP contribution in [0.25, 0.3) is 0 Å². The molecule has 3 rings (SSSR count). The number of hydrogen-bond donors (Lipinski definition) is 1. The highest BCUT2D eigenvalue weighted by Gasteiger charge is 2.29. The fraction of sp³-hybridized carbons (Fsp3) is 0.750. The second kappa shape index (κ2) is 6.28. The molecule has 1 aromatic rings. The van der Waals surface area contributed by atoms with Gasteiger partial charge in [-0.15, -0.1) is 11.3 Å². The molecule has 1 fully saturated rings. The number of fused-ring (bicyclic) bond motifs is 1. The minimum atomic E-state index is 0.614. The van der Waals surface area contributed by atoms with Gasteiger partial charge in [-0.05, 0) is 65.6 Å². The van der Waals surface area contributed by atoms with E-state index in [2.05, 4.69) is 34.2 Å². The summed E-state index contributed by atoms with van der Waals surface area (Å²) >= 11 is 5.60. The third kappa shape index (κ3) is 3.08. The average Bonchev–Trinajstić information content (AvgIpc) is 2.81. The first-order valence-electron chi connectivity index (χ1n) is 7.82. The van der Waals surface area contributed by atoms with E-state index in [1.54, 1.807) is 10.4 Å². The topological polar surface area (TPSA) is 12.0 Å². The summed E-state index contributed by atoms with van der Waals surface area (Å²) < 4.78 is 1.31. The standard InChI is InChI=1S/C16H24BrNS/c1-2-11-6-3-4-7-13(11)18-14-8-5-9-15-12(14)10-16(17)19-15/h10-11,13-14,18H,2-9H2,1H3. The van der Waals surface area contributed by atoms with Crippen LogP contribution in [0.15, 0.2) is 9.85 Å². The van der Waals surface area contributed by atoms with Crippen molar-refractivity contribution in [3.05, 3.63) is 20.3 Å². The first-order valence-corrected chi connectivity index (χ1v) is 9.43. The van der Waals surface area contributed by atoms with Gasteiger partial charge in [-0.1, -0.05) is 26.2 Å². The summed E-state index contributed by atoms with van der Waals surface area (Å²) in [6, 6.07) is 3.73. The lowest BCUT2D eigenvalue weighted by molar-refractivity contribution is 0.230. The molecule has 0 spiro atoms. The summed E-state index contributed by atoms with van der Waals surface area (Å²) in [7, 11) is 0. The number of nitrogens with one attached hydrogen (secondary N) is 1. The average molecular weight is 342 g/mol. The minimum Gasteiger partial charge on any atom is -0.307 e. The third-order valence-corrected chi connectivity index (χ3v) is 6.65. The Kier molecular flexibility index (Phi) is 4.66. The molecule has 0 aliphatic heterocycles. The zero-order chi connectivity index (χ0) is 13.2. The summed E-state index contributed by atoms with van der Waals surface area (Å²) in [5.41, 5.74) is 1.59. The van der Waals surface area contributed by atoms with Crippen molar-refractivity contribution in [2.45, 2.75) is 70.4 Å². The molecule has 0 saturated heterocycles. The Morgan fingerprint density at radius 3 is 2.95 bits per heavy atom. The van der Waals surface area contributed by atoms with E-state index in [-0.39, 0.29) is 0 Å². The van der Waals surface area contributed by atoms with Crippen LogP contribution in [0, 0.1) is 5.92 Å². The zero-order valence-corrected chi connectivity index (χ0v) is 14.2. The summed E-state index contributed by atoms with van der Waals surface area (Å²) in [5, 5.41) is 4.01. The molecule has 2 aliphatic carbocycles. The van der Waals surface area contributed by atoms with Crippen LogP contribution < -0.4 is 5.32 Å². The number of hydrogen-bond acceptors (Lipinski definition) is 2. The largest absolute Gasteiger partial charge is 0.307 e. The molecule has 1 saturated carbocycles. The summed E-state index contributed by atoms with van der Waals surface area (Å²) in [6.45, 7) is 2.36. The normalized spacial score (nSPS) is 31.2. The smallest absolute Gasteiger partial charge is 0.0704 e. The maximum Gasteiger partial charge on any atom is 0.0704 e.